The van der Waals surface area contributed by atoms with Gasteiger partial charge in [-0.15, -0.1) is 0 Å². The molecule has 0 amide bonds. The van der Waals surface area contributed by atoms with Gasteiger partial charge in [-0.25, -0.2) is 4.79 Å². The molecule has 3 aromatic rings. The lowest BCUT2D eigenvalue weighted by Gasteiger charge is -2.11. The summed E-state index contributed by atoms with van der Waals surface area (Å²) in [6.45, 7) is 4.33. The van der Waals surface area contributed by atoms with Gasteiger partial charge in [-0.05, 0) is 38.1 Å². The van der Waals surface area contributed by atoms with Crippen LogP contribution in [0, 0.1) is 0 Å². The summed E-state index contributed by atoms with van der Waals surface area (Å²) in [5.74, 6) is -0.275. The molecule has 0 saturated carbocycles. The van der Waals surface area contributed by atoms with Crippen molar-refractivity contribution >= 4 is 5.97 Å². The number of hydrogen-bond donors (Lipinski definition) is 0. The molecule has 0 aliphatic carbocycles. The smallest absolute Gasteiger partial charge is 0.338 e. The Hall–Kier alpha value is -2.94. The first-order valence-electron chi connectivity index (χ1n) is 8.48. The number of carbonyl (C=O) groups is 1. The van der Waals surface area contributed by atoms with E-state index in [-0.39, 0.29) is 12.1 Å². The van der Waals surface area contributed by atoms with Crippen LogP contribution in [-0.2, 0) is 11.3 Å². The first kappa shape index (κ1) is 16.9. The molecule has 126 valence electrons. The first-order valence-corrected chi connectivity index (χ1v) is 8.48. The molecule has 0 atom stereocenters. The van der Waals surface area contributed by atoms with Crippen LogP contribution < -0.4 is 4.57 Å². The average molecular weight is 332 g/mol. The highest BCUT2D eigenvalue weighted by Gasteiger charge is 2.19. The molecule has 0 aliphatic rings. The molecule has 2 aromatic carbocycles. The molecule has 0 N–H and O–H groups in total. The summed E-state index contributed by atoms with van der Waals surface area (Å²) in [7, 11) is 0. The topological polar surface area (TPSA) is 30.2 Å². The van der Waals surface area contributed by atoms with Gasteiger partial charge in [-0.2, -0.15) is 4.57 Å². The number of rotatable bonds is 5. The minimum atomic E-state index is -0.275. The number of aromatic nitrogens is 1. The molecule has 0 saturated heterocycles. The molecule has 0 radical (unpaired) electrons. The number of ether oxygens (including phenoxy) is 1. The van der Waals surface area contributed by atoms with E-state index in [1.54, 1.807) is 0 Å². The van der Waals surface area contributed by atoms with E-state index in [1.807, 2.05) is 74.6 Å². The average Bonchev–Trinajstić information content (AvgIpc) is 2.63. The van der Waals surface area contributed by atoms with Crippen molar-refractivity contribution in [1.29, 1.82) is 0 Å². The summed E-state index contributed by atoms with van der Waals surface area (Å²) in [4.78, 5) is 12.4. The Morgan fingerprint density at radius 3 is 2.36 bits per heavy atom. The van der Waals surface area contributed by atoms with E-state index in [0.29, 0.717) is 12.1 Å². The Labute approximate surface area is 148 Å². The fourth-order valence-electron chi connectivity index (χ4n) is 2.80. The quantitative estimate of drug-likeness (QED) is 0.516. The van der Waals surface area contributed by atoms with Crippen molar-refractivity contribution < 1.29 is 14.1 Å². The molecule has 1 aromatic heterocycles. The zero-order valence-electron chi connectivity index (χ0n) is 14.6. The SMILES string of the molecule is CC(C)OC(=O)c1ccccc1C[n+]1ccccc1-c1ccccc1. The van der Waals surface area contributed by atoms with E-state index in [1.165, 1.54) is 0 Å². The van der Waals surface area contributed by atoms with Gasteiger partial charge in [0, 0.05) is 23.3 Å². The van der Waals surface area contributed by atoms with Gasteiger partial charge in [-0.1, -0.05) is 36.4 Å². The van der Waals surface area contributed by atoms with E-state index in [2.05, 4.69) is 22.8 Å². The van der Waals surface area contributed by atoms with Gasteiger partial charge in [0.1, 0.15) is 0 Å². The highest BCUT2D eigenvalue weighted by molar-refractivity contribution is 5.91. The summed E-state index contributed by atoms with van der Waals surface area (Å²) in [5, 5.41) is 0. The van der Waals surface area contributed by atoms with Gasteiger partial charge in [0.15, 0.2) is 12.7 Å². The zero-order valence-corrected chi connectivity index (χ0v) is 14.6. The van der Waals surface area contributed by atoms with Crippen molar-refractivity contribution in [2.24, 2.45) is 0 Å². The molecule has 0 bridgehead atoms. The van der Waals surface area contributed by atoms with Gasteiger partial charge in [0.05, 0.1) is 11.7 Å². The van der Waals surface area contributed by atoms with Crippen molar-refractivity contribution in [3.8, 4) is 11.3 Å². The second kappa shape index (κ2) is 7.75. The van der Waals surface area contributed by atoms with E-state index in [9.17, 15) is 4.79 Å². The fraction of sp³-hybridized carbons (Fsp3) is 0.182. The molecule has 3 nitrogen and oxygen atoms in total. The number of nitrogens with zero attached hydrogens (tertiary/aromatic N) is 1. The van der Waals surface area contributed by atoms with Crippen LogP contribution in [0.5, 0.6) is 0 Å². The summed E-state index contributed by atoms with van der Waals surface area (Å²) in [6, 6.07) is 24.0. The standard InChI is InChI=1S/C22H22NO2/c1-17(2)25-22(24)20-13-7-6-12-19(20)16-23-15-9-8-14-21(23)18-10-4-3-5-11-18/h3-15,17H,16H2,1-2H3/q+1. The normalized spacial score (nSPS) is 10.7. The Morgan fingerprint density at radius 1 is 0.920 bits per heavy atom. The molecule has 3 rings (SSSR count). The van der Waals surface area contributed by atoms with Crippen LogP contribution in [0.25, 0.3) is 11.3 Å². The minimum Gasteiger partial charge on any atom is -0.459 e. The number of esters is 1. The fourth-order valence-corrected chi connectivity index (χ4v) is 2.80. The van der Waals surface area contributed by atoms with Crippen molar-refractivity contribution in [3.05, 3.63) is 90.1 Å². The van der Waals surface area contributed by atoms with Crippen LogP contribution in [0.2, 0.25) is 0 Å². The molecule has 1 heterocycles. The summed E-state index contributed by atoms with van der Waals surface area (Å²) in [5.41, 5.74) is 3.81. The van der Waals surface area contributed by atoms with Crippen LogP contribution in [-0.4, -0.2) is 12.1 Å². The molecular weight excluding hydrogens is 310 g/mol. The molecule has 0 spiro atoms. The van der Waals surface area contributed by atoms with Gasteiger partial charge < -0.3 is 4.74 Å². The monoisotopic (exact) mass is 332 g/mol. The van der Waals surface area contributed by atoms with Crippen LogP contribution in [0.3, 0.4) is 0 Å². The maximum absolute atomic E-state index is 12.4. The minimum absolute atomic E-state index is 0.134. The van der Waals surface area contributed by atoms with E-state index in [4.69, 9.17) is 4.74 Å². The summed E-state index contributed by atoms with van der Waals surface area (Å²) >= 11 is 0. The summed E-state index contributed by atoms with van der Waals surface area (Å²) < 4.78 is 7.53. The Kier molecular flexibility index (Phi) is 5.24. The number of pyridine rings is 1. The van der Waals surface area contributed by atoms with E-state index in [0.717, 1.165) is 16.8 Å². The van der Waals surface area contributed by atoms with E-state index < -0.39 is 0 Å². The third-order valence-electron chi connectivity index (χ3n) is 3.93. The third-order valence-corrected chi connectivity index (χ3v) is 3.93. The van der Waals surface area contributed by atoms with Crippen LogP contribution in [0.15, 0.2) is 79.0 Å². The number of hydrogen-bond acceptors (Lipinski definition) is 2. The maximum atomic E-state index is 12.4. The second-order valence-electron chi connectivity index (χ2n) is 6.19. The molecule has 0 unspecified atom stereocenters. The lowest BCUT2D eigenvalue weighted by Crippen LogP contribution is -2.37. The lowest BCUT2D eigenvalue weighted by atomic mass is 10.1. The molecule has 3 heteroatoms. The number of benzene rings is 2. The highest BCUT2D eigenvalue weighted by Crippen LogP contribution is 2.16. The van der Waals surface area contributed by atoms with Gasteiger partial charge in [0.25, 0.3) is 0 Å². The van der Waals surface area contributed by atoms with Crippen LogP contribution in [0.1, 0.15) is 29.8 Å². The van der Waals surface area contributed by atoms with Crippen molar-refractivity contribution in [2.45, 2.75) is 26.5 Å². The van der Waals surface area contributed by atoms with Crippen molar-refractivity contribution in [1.82, 2.24) is 0 Å². The van der Waals surface area contributed by atoms with Crippen LogP contribution in [0.4, 0.5) is 0 Å². The third kappa shape index (κ3) is 4.13. The van der Waals surface area contributed by atoms with Crippen molar-refractivity contribution in [3.63, 3.8) is 0 Å². The van der Waals surface area contributed by atoms with Crippen LogP contribution >= 0.6 is 0 Å². The summed E-state index contributed by atoms with van der Waals surface area (Å²) in [6.07, 6.45) is 1.90. The van der Waals surface area contributed by atoms with E-state index >= 15 is 0 Å². The predicted molar refractivity (Wildman–Crippen MR) is 98.2 cm³/mol. The predicted octanol–water partition coefficient (Wildman–Crippen LogP) is 4.25. The maximum Gasteiger partial charge on any atom is 0.338 e. The van der Waals surface area contributed by atoms with Gasteiger partial charge in [-0.3, -0.25) is 0 Å². The van der Waals surface area contributed by atoms with Gasteiger partial charge >= 0.3 is 5.97 Å². The Morgan fingerprint density at radius 2 is 1.60 bits per heavy atom. The van der Waals surface area contributed by atoms with Crippen molar-refractivity contribution in [2.75, 3.05) is 0 Å². The van der Waals surface area contributed by atoms with Gasteiger partial charge in [0.2, 0.25) is 5.69 Å². The first-order chi connectivity index (χ1) is 12.1. The lowest BCUT2D eigenvalue weighted by molar-refractivity contribution is -0.677. The largest absolute Gasteiger partial charge is 0.459 e. The Bertz CT molecular complexity index is 857. The Balaban J connectivity index is 1.96. The number of carbonyl (C=O) groups excluding carboxylic acids is 1. The second-order valence-corrected chi connectivity index (χ2v) is 6.19. The molecule has 25 heavy (non-hydrogen) atoms. The molecule has 0 fully saturated rings. The molecule has 0 aliphatic heterocycles. The highest BCUT2D eigenvalue weighted by atomic mass is 16.5. The zero-order chi connectivity index (χ0) is 17.6. The molecular formula is C22H22NO2+.